The van der Waals surface area contributed by atoms with Gasteiger partial charge in [0.2, 0.25) is 0 Å². The maximum atomic E-state index is 9.05. The zero-order valence-corrected chi connectivity index (χ0v) is 11.7. The van der Waals surface area contributed by atoms with Gasteiger partial charge < -0.3 is 19.5 Å². The van der Waals surface area contributed by atoms with Crippen LogP contribution in [-0.2, 0) is 6.61 Å². The van der Waals surface area contributed by atoms with E-state index in [9.17, 15) is 0 Å². The van der Waals surface area contributed by atoms with E-state index in [-0.39, 0.29) is 0 Å². The number of hydrogen-bond acceptors (Lipinski definition) is 4. The molecule has 0 bridgehead atoms. The molecule has 2 N–H and O–H groups in total. The minimum atomic E-state index is -1.54. The molecular weight excluding hydrogens is 278 g/mol. The van der Waals surface area contributed by atoms with E-state index in [1.807, 2.05) is 24.3 Å². The number of ether oxygens (including phenoxy) is 2. The second-order valence-corrected chi connectivity index (χ2v) is 4.61. The Bertz CT molecular complexity index is 589. The third-order valence-electron chi connectivity index (χ3n) is 2.78. The van der Waals surface area contributed by atoms with Gasteiger partial charge in [0.05, 0.1) is 12.1 Å². The van der Waals surface area contributed by atoms with Crippen LogP contribution >= 0.6 is 11.6 Å². The van der Waals surface area contributed by atoms with Crippen molar-refractivity contribution in [2.45, 2.75) is 6.61 Å². The van der Waals surface area contributed by atoms with Gasteiger partial charge in [-0.1, -0.05) is 29.8 Å². The Morgan fingerprint density at radius 3 is 2.60 bits per heavy atom. The van der Waals surface area contributed by atoms with Gasteiger partial charge in [-0.05, 0) is 35.3 Å². The van der Waals surface area contributed by atoms with Gasteiger partial charge in [-0.15, -0.1) is 0 Å². The molecule has 0 saturated heterocycles. The van der Waals surface area contributed by atoms with E-state index >= 15 is 0 Å². The van der Waals surface area contributed by atoms with E-state index in [4.69, 9.17) is 31.1 Å². The van der Waals surface area contributed by atoms with E-state index in [1.165, 1.54) is 6.07 Å². The van der Waals surface area contributed by atoms with Gasteiger partial charge in [0, 0.05) is 0 Å². The molecule has 4 nitrogen and oxygen atoms in total. The highest BCUT2D eigenvalue weighted by Crippen LogP contribution is 2.24. The molecule has 0 saturated carbocycles. The summed E-state index contributed by atoms with van der Waals surface area (Å²) in [4.78, 5) is 0. The van der Waals surface area contributed by atoms with Crippen molar-refractivity contribution in [1.29, 1.82) is 0 Å². The van der Waals surface area contributed by atoms with Crippen molar-refractivity contribution in [3.05, 3.63) is 53.1 Å². The number of rotatable bonds is 5. The predicted octanol–water partition coefficient (Wildman–Crippen LogP) is 1.61. The predicted molar refractivity (Wildman–Crippen MR) is 78.6 cm³/mol. The van der Waals surface area contributed by atoms with Crippen LogP contribution < -0.4 is 14.9 Å². The topological polar surface area (TPSA) is 58.9 Å². The zero-order chi connectivity index (χ0) is 14.5. The molecule has 0 aliphatic rings. The van der Waals surface area contributed by atoms with E-state index < -0.39 is 7.12 Å². The first kappa shape index (κ1) is 14.7. The molecule has 0 aromatic heterocycles. The lowest BCUT2D eigenvalue weighted by Gasteiger charge is -2.10. The molecule has 104 valence electrons. The van der Waals surface area contributed by atoms with Crippen molar-refractivity contribution in [3.8, 4) is 11.5 Å². The maximum Gasteiger partial charge on any atom is 0.488 e. The Morgan fingerprint density at radius 2 is 1.95 bits per heavy atom. The Labute approximate surface area is 122 Å². The lowest BCUT2D eigenvalue weighted by molar-refractivity contribution is 0.305. The lowest BCUT2D eigenvalue weighted by atomic mass is 9.80. The Hall–Kier alpha value is -1.69. The maximum absolute atomic E-state index is 9.05. The van der Waals surface area contributed by atoms with E-state index in [0.29, 0.717) is 22.8 Å². The number of methoxy groups -OCH3 is 1. The van der Waals surface area contributed by atoms with Gasteiger partial charge in [0.15, 0.2) is 0 Å². The molecule has 0 spiro atoms. The van der Waals surface area contributed by atoms with Crippen LogP contribution in [0.3, 0.4) is 0 Å². The first-order valence-corrected chi connectivity index (χ1v) is 6.39. The van der Waals surface area contributed by atoms with Crippen LogP contribution in [0.25, 0.3) is 0 Å². The summed E-state index contributed by atoms with van der Waals surface area (Å²) >= 11 is 6.03. The summed E-state index contributed by atoms with van der Waals surface area (Å²) in [6, 6.07) is 12.2. The molecule has 0 unspecified atom stereocenters. The van der Waals surface area contributed by atoms with Gasteiger partial charge in [-0.2, -0.15) is 0 Å². The van der Waals surface area contributed by atoms with Crippen LogP contribution in [0.5, 0.6) is 11.5 Å². The monoisotopic (exact) mass is 292 g/mol. The SMILES string of the molecule is COc1cccc(COc2ccc(B(O)O)cc2Cl)c1. The molecule has 2 rings (SSSR count). The van der Waals surface area contributed by atoms with Crippen LogP contribution in [0.2, 0.25) is 5.02 Å². The summed E-state index contributed by atoms with van der Waals surface area (Å²) in [6.07, 6.45) is 0. The molecule has 0 aliphatic heterocycles. The van der Waals surface area contributed by atoms with Crippen LogP contribution in [0.15, 0.2) is 42.5 Å². The Morgan fingerprint density at radius 1 is 1.15 bits per heavy atom. The lowest BCUT2D eigenvalue weighted by Crippen LogP contribution is -2.29. The van der Waals surface area contributed by atoms with Crippen molar-refractivity contribution >= 4 is 24.2 Å². The van der Waals surface area contributed by atoms with Crippen molar-refractivity contribution in [2.24, 2.45) is 0 Å². The van der Waals surface area contributed by atoms with Gasteiger partial charge in [0.25, 0.3) is 0 Å². The third-order valence-corrected chi connectivity index (χ3v) is 3.08. The molecule has 0 radical (unpaired) electrons. The molecule has 2 aromatic rings. The highest BCUT2D eigenvalue weighted by atomic mass is 35.5. The average Bonchev–Trinajstić information content (AvgIpc) is 2.46. The first-order valence-electron chi connectivity index (χ1n) is 6.01. The zero-order valence-electron chi connectivity index (χ0n) is 10.9. The van der Waals surface area contributed by atoms with Crippen molar-refractivity contribution in [2.75, 3.05) is 7.11 Å². The van der Waals surface area contributed by atoms with Gasteiger partial charge in [-0.25, -0.2) is 0 Å². The van der Waals surface area contributed by atoms with Gasteiger partial charge >= 0.3 is 7.12 Å². The largest absolute Gasteiger partial charge is 0.497 e. The minimum absolute atomic E-state index is 0.323. The summed E-state index contributed by atoms with van der Waals surface area (Å²) in [5, 5.41) is 18.4. The molecule has 2 aromatic carbocycles. The standard InChI is InChI=1S/C14H14BClO4/c1-19-12-4-2-3-10(7-12)9-20-14-6-5-11(15(17)18)8-13(14)16/h2-8,17-18H,9H2,1H3. The van der Waals surface area contributed by atoms with Crippen molar-refractivity contribution < 1.29 is 19.5 Å². The highest BCUT2D eigenvalue weighted by Gasteiger charge is 2.13. The van der Waals surface area contributed by atoms with E-state index in [0.717, 1.165) is 11.3 Å². The Kier molecular flexibility index (Phi) is 4.90. The van der Waals surface area contributed by atoms with E-state index in [2.05, 4.69) is 0 Å². The molecule has 0 aliphatic carbocycles. The summed E-state index contributed by atoms with van der Waals surface area (Å²) in [5.74, 6) is 1.25. The molecule has 0 fully saturated rings. The summed E-state index contributed by atoms with van der Waals surface area (Å²) in [6.45, 7) is 0.345. The molecule has 0 heterocycles. The van der Waals surface area contributed by atoms with Gasteiger partial charge in [-0.3, -0.25) is 0 Å². The van der Waals surface area contributed by atoms with Crippen LogP contribution in [0.1, 0.15) is 5.56 Å². The fourth-order valence-corrected chi connectivity index (χ4v) is 1.96. The van der Waals surface area contributed by atoms with Crippen molar-refractivity contribution in [3.63, 3.8) is 0 Å². The summed E-state index contributed by atoms with van der Waals surface area (Å²) in [7, 11) is 0.0652. The average molecular weight is 293 g/mol. The highest BCUT2D eigenvalue weighted by molar-refractivity contribution is 6.59. The fourth-order valence-electron chi connectivity index (χ4n) is 1.72. The van der Waals surface area contributed by atoms with Crippen molar-refractivity contribution in [1.82, 2.24) is 0 Å². The number of hydrogen-bond donors (Lipinski definition) is 2. The first-order chi connectivity index (χ1) is 9.60. The second-order valence-electron chi connectivity index (χ2n) is 4.20. The van der Waals surface area contributed by atoms with Crippen LogP contribution in [0, 0.1) is 0 Å². The molecule has 6 heteroatoms. The second kappa shape index (κ2) is 6.66. The molecule has 0 amide bonds. The smallest absolute Gasteiger partial charge is 0.488 e. The summed E-state index contributed by atoms with van der Waals surface area (Å²) < 4.78 is 10.7. The quantitative estimate of drug-likeness (QED) is 0.822. The third kappa shape index (κ3) is 3.66. The number of benzene rings is 2. The summed E-state index contributed by atoms with van der Waals surface area (Å²) in [5.41, 5.74) is 1.27. The normalized spacial score (nSPS) is 10.2. The van der Waals surface area contributed by atoms with Crippen LogP contribution in [-0.4, -0.2) is 24.3 Å². The fraction of sp³-hybridized carbons (Fsp3) is 0.143. The van der Waals surface area contributed by atoms with Gasteiger partial charge in [0.1, 0.15) is 18.1 Å². The number of halogens is 1. The minimum Gasteiger partial charge on any atom is -0.497 e. The Balaban J connectivity index is 2.07. The molecular formula is C14H14BClO4. The molecule has 0 atom stereocenters. The van der Waals surface area contributed by atoms with Crippen LogP contribution in [0.4, 0.5) is 0 Å². The van der Waals surface area contributed by atoms with E-state index in [1.54, 1.807) is 19.2 Å². The molecule has 20 heavy (non-hydrogen) atoms.